The monoisotopic (exact) mass is 317 g/mol. The molecule has 0 aromatic heterocycles. The molecule has 2 saturated heterocycles. The van der Waals surface area contributed by atoms with E-state index >= 15 is 0 Å². The highest BCUT2D eigenvalue weighted by Gasteiger charge is 2.36. The molecule has 0 radical (unpaired) electrons. The minimum Gasteiger partial charge on any atom is -0.487 e. The van der Waals surface area contributed by atoms with Crippen molar-refractivity contribution >= 4 is 5.91 Å². The van der Waals surface area contributed by atoms with E-state index in [0.717, 1.165) is 31.9 Å². The normalized spacial score (nSPS) is 21.8. The highest BCUT2D eigenvalue weighted by molar-refractivity contribution is 5.82. The third-order valence-electron chi connectivity index (χ3n) is 4.93. The van der Waals surface area contributed by atoms with E-state index in [0.29, 0.717) is 13.1 Å². The standard InChI is InChI=1S/C18H27N3O2/c1-14-4-6-16(7-5-14)23-17-12-21(13-17)18(22)15(2)20-10-8-19(3)9-11-20/h4-7,15,17H,8-13H2,1-3H3/t15-/m1/s1. The fourth-order valence-electron chi connectivity index (χ4n) is 3.13. The molecule has 0 N–H and O–H groups in total. The number of amides is 1. The Hall–Kier alpha value is -1.59. The average molecular weight is 317 g/mol. The summed E-state index contributed by atoms with van der Waals surface area (Å²) in [5, 5.41) is 0. The number of ether oxygens (including phenoxy) is 1. The summed E-state index contributed by atoms with van der Waals surface area (Å²) in [6.45, 7) is 9.51. The summed E-state index contributed by atoms with van der Waals surface area (Å²) < 4.78 is 5.91. The second-order valence-corrected chi connectivity index (χ2v) is 6.81. The first-order chi connectivity index (χ1) is 11.0. The number of likely N-dealkylation sites (N-methyl/N-ethyl adjacent to an activating group) is 1. The molecule has 1 aromatic rings. The number of carbonyl (C=O) groups is 1. The molecule has 1 aromatic carbocycles. The average Bonchev–Trinajstić information content (AvgIpc) is 2.52. The van der Waals surface area contributed by atoms with Gasteiger partial charge in [-0.05, 0) is 33.0 Å². The van der Waals surface area contributed by atoms with Crippen LogP contribution in [0.5, 0.6) is 5.75 Å². The van der Waals surface area contributed by atoms with Crippen LogP contribution in [0, 0.1) is 6.92 Å². The minimum atomic E-state index is -0.0241. The van der Waals surface area contributed by atoms with Gasteiger partial charge in [-0.15, -0.1) is 0 Å². The highest BCUT2D eigenvalue weighted by Crippen LogP contribution is 2.20. The molecule has 0 saturated carbocycles. The van der Waals surface area contributed by atoms with Crippen molar-refractivity contribution in [2.75, 3.05) is 46.3 Å². The summed E-state index contributed by atoms with van der Waals surface area (Å²) >= 11 is 0. The van der Waals surface area contributed by atoms with E-state index in [-0.39, 0.29) is 18.1 Å². The predicted molar refractivity (Wildman–Crippen MR) is 90.7 cm³/mol. The van der Waals surface area contributed by atoms with Gasteiger partial charge in [0.15, 0.2) is 0 Å². The van der Waals surface area contributed by atoms with Gasteiger partial charge in [-0.2, -0.15) is 0 Å². The maximum absolute atomic E-state index is 12.6. The number of hydrogen-bond acceptors (Lipinski definition) is 4. The van der Waals surface area contributed by atoms with Crippen LogP contribution in [0.3, 0.4) is 0 Å². The van der Waals surface area contributed by atoms with Crippen LogP contribution in [0.2, 0.25) is 0 Å². The molecule has 2 aliphatic heterocycles. The Kier molecular flexibility index (Phi) is 4.87. The van der Waals surface area contributed by atoms with Crippen LogP contribution in [-0.4, -0.2) is 79.1 Å². The topological polar surface area (TPSA) is 36.0 Å². The van der Waals surface area contributed by atoms with E-state index in [2.05, 4.69) is 23.8 Å². The SMILES string of the molecule is Cc1ccc(OC2CN(C(=O)[C@@H](C)N3CCN(C)CC3)C2)cc1. The third kappa shape index (κ3) is 3.85. The molecule has 1 atom stereocenters. The Bertz CT molecular complexity index is 532. The summed E-state index contributed by atoms with van der Waals surface area (Å²) in [4.78, 5) is 19.1. The summed E-state index contributed by atoms with van der Waals surface area (Å²) in [5.74, 6) is 1.12. The molecule has 2 fully saturated rings. The molecule has 3 rings (SSSR count). The number of rotatable bonds is 4. The molecule has 126 valence electrons. The number of piperazine rings is 1. The molecule has 5 nitrogen and oxygen atoms in total. The summed E-state index contributed by atoms with van der Waals surface area (Å²) in [6, 6.07) is 8.06. The fourth-order valence-corrected chi connectivity index (χ4v) is 3.13. The first kappa shape index (κ1) is 16.3. The van der Waals surface area contributed by atoms with Gasteiger partial charge >= 0.3 is 0 Å². The highest BCUT2D eigenvalue weighted by atomic mass is 16.5. The van der Waals surface area contributed by atoms with Gasteiger partial charge in [0.1, 0.15) is 11.9 Å². The Morgan fingerprint density at radius 2 is 1.74 bits per heavy atom. The van der Waals surface area contributed by atoms with Gasteiger partial charge in [0, 0.05) is 26.2 Å². The summed E-state index contributed by atoms with van der Waals surface area (Å²) in [5.41, 5.74) is 1.23. The van der Waals surface area contributed by atoms with Crippen molar-refractivity contribution in [2.45, 2.75) is 26.0 Å². The van der Waals surface area contributed by atoms with Crippen molar-refractivity contribution in [3.8, 4) is 5.75 Å². The van der Waals surface area contributed by atoms with Gasteiger partial charge in [0.25, 0.3) is 0 Å². The maximum atomic E-state index is 12.6. The van der Waals surface area contributed by atoms with E-state index in [4.69, 9.17) is 4.74 Å². The summed E-state index contributed by atoms with van der Waals surface area (Å²) in [6.07, 6.45) is 0.126. The van der Waals surface area contributed by atoms with Crippen LogP contribution in [0.25, 0.3) is 0 Å². The number of carbonyl (C=O) groups excluding carboxylic acids is 1. The van der Waals surface area contributed by atoms with Crippen LogP contribution in [0.15, 0.2) is 24.3 Å². The zero-order chi connectivity index (χ0) is 16.4. The second kappa shape index (κ2) is 6.89. The molecule has 5 heteroatoms. The molecule has 0 aliphatic carbocycles. The van der Waals surface area contributed by atoms with Crippen molar-refractivity contribution in [1.82, 2.24) is 14.7 Å². The number of nitrogens with zero attached hydrogens (tertiary/aromatic N) is 3. The van der Waals surface area contributed by atoms with Crippen LogP contribution in [-0.2, 0) is 4.79 Å². The van der Waals surface area contributed by atoms with Crippen molar-refractivity contribution in [3.63, 3.8) is 0 Å². The minimum absolute atomic E-state index is 0.0241. The quantitative estimate of drug-likeness (QED) is 0.837. The number of hydrogen-bond donors (Lipinski definition) is 0. The van der Waals surface area contributed by atoms with Crippen molar-refractivity contribution in [1.29, 1.82) is 0 Å². The van der Waals surface area contributed by atoms with Crippen LogP contribution < -0.4 is 4.74 Å². The molecule has 23 heavy (non-hydrogen) atoms. The van der Waals surface area contributed by atoms with Crippen LogP contribution >= 0.6 is 0 Å². The van der Waals surface area contributed by atoms with E-state index in [1.165, 1.54) is 5.56 Å². The van der Waals surface area contributed by atoms with Gasteiger partial charge in [0.05, 0.1) is 19.1 Å². The maximum Gasteiger partial charge on any atom is 0.239 e. The second-order valence-electron chi connectivity index (χ2n) is 6.81. The van der Waals surface area contributed by atoms with Crippen molar-refractivity contribution in [2.24, 2.45) is 0 Å². The first-order valence-corrected chi connectivity index (χ1v) is 8.47. The first-order valence-electron chi connectivity index (χ1n) is 8.47. The molecular formula is C18H27N3O2. The van der Waals surface area contributed by atoms with Crippen molar-refractivity contribution in [3.05, 3.63) is 29.8 Å². The lowest BCUT2D eigenvalue weighted by molar-refractivity contribution is -0.146. The molecule has 0 unspecified atom stereocenters. The van der Waals surface area contributed by atoms with Crippen LogP contribution in [0.4, 0.5) is 0 Å². The van der Waals surface area contributed by atoms with Crippen molar-refractivity contribution < 1.29 is 9.53 Å². The van der Waals surface area contributed by atoms with Gasteiger partial charge in [-0.25, -0.2) is 0 Å². The van der Waals surface area contributed by atoms with E-state index in [1.54, 1.807) is 0 Å². The summed E-state index contributed by atoms with van der Waals surface area (Å²) in [7, 11) is 2.13. The number of aryl methyl sites for hydroxylation is 1. The Labute approximate surface area is 138 Å². The zero-order valence-electron chi connectivity index (χ0n) is 14.4. The van der Waals surface area contributed by atoms with Gasteiger partial charge < -0.3 is 14.5 Å². The molecular weight excluding hydrogens is 290 g/mol. The largest absolute Gasteiger partial charge is 0.487 e. The lowest BCUT2D eigenvalue weighted by Gasteiger charge is -2.43. The lowest BCUT2D eigenvalue weighted by Crippen LogP contribution is -2.61. The predicted octanol–water partition coefficient (Wildman–Crippen LogP) is 1.22. The molecule has 0 bridgehead atoms. The Morgan fingerprint density at radius 3 is 2.35 bits per heavy atom. The molecule has 2 aliphatic rings. The zero-order valence-corrected chi connectivity index (χ0v) is 14.4. The van der Waals surface area contributed by atoms with E-state index in [1.807, 2.05) is 36.1 Å². The third-order valence-corrected chi connectivity index (χ3v) is 4.93. The lowest BCUT2D eigenvalue weighted by atomic mass is 10.1. The smallest absolute Gasteiger partial charge is 0.239 e. The Morgan fingerprint density at radius 1 is 1.13 bits per heavy atom. The van der Waals surface area contributed by atoms with Gasteiger partial charge in [-0.3, -0.25) is 9.69 Å². The van der Waals surface area contributed by atoms with Gasteiger partial charge in [0.2, 0.25) is 5.91 Å². The molecule has 1 amide bonds. The fraction of sp³-hybridized carbons (Fsp3) is 0.611. The molecule has 0 spiro atoms. The van der Waals surface area contributed by atoms with E-state index < -0.39 is 0 Å². The number of likely N-dealkylation sites (tertiary alicyclic amines) is 1. The number of benzene rings is 1. The van der Waals surface area contributed by atoms with E-state index in [9.17, 15) is 4.79 Å². The van der Waals surface area contributed by atoms with Crippen LogP contribution in [0.1, 0.15) is 12.5 Å². The Balaban J connectivity index is 1.45. The molecule has 2 heterocycles. The van der Waals surface area contributed by atoms with Gasteiger partial charge in [-0.1, -0.05) is 17.7 Å².